The maximum absolute atomic E-state index is 5.16. The second-order valence-electron chi connectivity index (χ2n) is 7.08. The van der Waals surface area contributed by atoms with Crippen LogP contribution in [0.3, 0.4) is 0 Å². The molecule has 0 amide bonds. The van der Waals surface area contributed by atoms with Gasteiger partial charge in [-0.25, -0.2) is 4.68 Å². The summed E-state index contributed by atoms with van der Waals surface area (Å²) in [7, 11) is 3.49. The highest BCUT2D eigenvalue weighted by Gasteiger charge is 2.11. The molecule has 3 aromatic rings. The smallest absolute Gasteiger partial charge is 0.191 e. The van der Waals surface area contributed by atoms with E-state index in [9.17, 15) is 0 Å². The van der Waals surface area contributed by atoms with Crippen LogP contribution in [0.25, 0.3) is 5.69 Å². The maximum Gasteiger partial charge on any atom is 0.191 e. The van der Waals surface area contributed by atoms with Crippen molar-refractivity contribution in [1.29, 1.82) is 0 Å². The van der Waals surface area contributed by atoms with Crippen LogP contribution >= 0.6 is 0 Å². The van der Waals surface area contributed by atoms with Crippen molar-refractivity contribution in [3.8, 4) is 5.69 Å². The zero-order chi connectivity index (χ0) is 21.3. The number of rotatable bonds is 9. The predicted octanol–water partition coefficient (Wildman–Crippen LogP) is 2.24. The highest BCUT2D eigenvalue weighted by Crippen LogP contribution is 2.13. The first kappa shape index (κ1) is 21.6. The summed E-state index contributed by atoms with van der Waals surface area (Å²) in [6.07, 6.45) is 4.63. The molecule has 0 bridgehead atoms. The number of benzene rings is 1. The van der Waals surface area contributed by atoms with Crippen LogP contribution in [0, 0.1) is 13.8 Å². The van der Waals surface area contributed by atoms with Crippen LogP contribution in [0.15, 0.2) is 47.7 Å². The second-order valence-corrected chi connectivity index (χ2v) is 7.08. The molecule has 2 heterocycles. The van der Waals surface area contributed by atoms with Crippen molar-refractivity contribution < 1.29 is 4.74 Å². The van der Waals surface area contributed by atoms with Crippen molar-refractivity contribution in [2.75, 3.05) is 27.3 Å². The molecular weight excluding hydrogens is 378 g/mol. The minimum atomic E-state index is 0.654. The molecule has 160 valence electrons. The Kier molecular flexibility index (Phi) is 7.62. The predicted molar refractivity (Wildman–Crippen MR) is 119 cm³/mol. The van der Waals surface area contributed by atoms with E-state index >= 15 is 0 Å². The van der Waals surface area contributed by atoms with Gasteiger partial charge >= 0.3 is 0 Å². The summed E-state index contributed by atoms with van der Waals surface area (Å²) in [6, 6.07) is 10.4. The van der Waals surface area contributed by atoms with Gasteiger partial charge in [0.1, 0.15) is 0 Å². The summed E-state index contributed by atoms with van der Waals surface area (Å²) in [6.45, 7) is 7.03. The van der Waals surface area contributed by atoms with Gasteiger partial charge in [0.25, 0.3) is 0 Å². The molecule has 0 unspecified atom stereocenters. The molecule has 0 aliphatic heterocycles. The third-order valence-electron chi connectivity index (χ3n) is 5.11. The fourth-order valence-electron chi connectivity index (χ4n) is 3.34. The molecule has 8 nitrogen and oxygen atoms in total. The van der Waals surface area contributed by atoms with Crippen molar-refractivity contribution in [2.24, 2.45) is 4.99 Å². The van der Waals surface area contributed by atoms with Crippen LogP contribution in [-0.4, -0.2) is 52.8 Å². The van der Waals surface area contributed by atoms with Crippen LogP contribution in [0.2, 0.25) is 0 Å². The summed E-state index contributed by atoms with van der Waals surface area (Å²) in [5.41, 5.74) is 5.71. The number of methoxy groups -OCH3 is 1. The van der Waals surface area contributed by atoms with Gasteiger partial charge in [0, 0.05) is 50.9 Å². The topological polar surface area (TPSA) is 81.3 Å². The van der Waals surface area contributed by atoms with E-state index in [0.717, 1.165) is 42.5 Å². The van der Waals surface area contributed by atoms with Crippen molar-refractivity contribution in [2.45, 2.75) is 33.4 Å². The highest BCUT2D eigenvalue weighted by atomic mass is 16.5. The SMILES string of the molecule is CN=C(NCCc1ccc(-n2cccn2)cc1)NCc1c(C)nn(CCOC)c1C. The number of ether oxygens (including phenoxy) is 1. The van der Waals surface area contributed by atoms with Crippen LogP contribution in [0.5, 0.6) is 0 Å². The largest absolute Gasteiger partial charge is 0.383 e. The summed E-state index contributed by atoms with van der Waals surface area (Å²) in [5.74, 6) is 0.784. The van der Waals surface area contributed by atoms with E-state index in [4.69, 9.17) is 4.74 Å². The Labute approximate surface area is 178 Å². The van der Waals surface area contributed by atoms with E-state index in [1.165, 1.54) is 11.1 Å². The van der Waals surface area contributed by atoms with Crippen LogP contribution in [0.1, 0.15) is 22.5 Å². The number of aliphatic imine (C=N–C) groups is 1. The van der Waals surface area contributed by atoms with E-state index in [1.54, 1.807) is 20.4 Å². The molecule has 8 heteroatoms. The Morgan fingerprint density at radius 3 is 2.63 bits per heavy atom. The standard InChI is InChI=1S/C22H31N7O/c1-17-21(18(2)28(27-17)14-15-30-4)16-25-22(23-3)24-12-10-19-6-8-20(9-7-19)29-13-5-11-26-29/h5-9,11,13H,10,12,14-16H2,1-4H3,(H2,23,24,25). The van der Waals surface area contributed by atoms with Gasteiger partial charge < -0.3 is 15.4 Å². The quantitative estimate of drug-likeness (QED) is 0.418. The number of hydrogen-bond donors (Lipinski definition) is 2. The molecule has 3 rings (SSSR count). The third kappa shape index (κ3) is 5.48. The lowest BCUT2D eigenvalue weighted by Crippen LogP contribution is -2.38. The van der Waals surface area contributed by atoms with Crippen molar-refractivity contribution in [1.82, 2.24) is 30.2 Å². The maximum atomic E-state index is 5.16. The highest BCUT2D eigenvalue weighted by molar-refractivity contribution is 5.79. The number of nitrogens with zero attached hydrogens (tertiary/aromatic N) is 5. The number of nitrogens with one attached hydrogen (secondary N) is 2. The normalized spacial score (nSPS) is 11.7. The second kappa shape index (κ2) is 10.6. The Morgan fingerprint density at radius 1 is 1.17 bits per heavy atom. The van der Waals surface area contributed by atoms with Crippen LogP contribution < -0.4 is 10.6 Å². The zero-order valence-corrected chi connectivity index (χ0v) is 18.2. The van der Waals surface area contributed by atoms with Gasteiger partial charge in [-0.3, -0.25) is 9.67 Å². The molecule has 0 aliphatic rings. The van der Waals surface area contributed by atoms with E-state index in [1.807, 2.05) is 28.6 Å². The van der Waals surface area contributed by atoms with Gasteiger partial charge in [-0.2, -0.15) is 10.2 Å². The average Bonchev–Trinajstić information content (AvgIpc) is 3.38. The Morgan fingerprint density at radius 2 is 1.97 bits per heavy atom. The lowest BCUT2D eigenvalue weighted by Gasteiger charge is -2.12. The summed E-state index contributed by atoms with van der Waals surface area (Å²) in [4.78, 5) is 4.33. The van der Waals surface area contributed by atoms with E-state index in [2.05, 4.69) is 57.0 Å². The third-order valence-corrected chi connectivity index (χ3v) is 5.11. The zero-order valence-electron chi connectivity index (χ0n) is 18.2. The summed E-state index contributed by atoms with van der Waals surface area (Å²) >= 11 is 0. The minimum absolute atomic E-state index is 0.654. The molecular formula is C22H31N7O. The minimum Gasteiger partial charge on any atom is -0.383 e. The summed E-state index contributed by atoms with van der Waals surface area (Å²) < 4.78 is 9.02. The molecule has 0 atom stereocenters. The molecule has 2 N–H and O–H groups in total. The fraction of sp³-hybridized carbons (Fsp3) is 0.409. The number of aryl methyl sites for hydroxylation is 1. The molecule has 2 aromatic heterocycles. The van der Waals surface area contributed by atoms with Gasteiger partial charge in [-0.05, 0) is 44.0 Å². The Bertz CT molecular complexity index is 943. The lowest BCUT2D eigenvalue weighted by molar-refractivity contribution is 0.182. The van der Waals surface area contributed by atoms with E-state index in [0.29, 0.717) is 13.2 Å². The van der Waals surface area contributed by atoms with Gasteiger partial charge in [0.2, 0.25) is 0 Å². The Balaban J connectivity index is 1.48. The number of aromatic nitrogens is 4. The van der Waals surface area contributed by atoms with Crippen LogP contribution in [0.4, 0.5) is 0 Å². The first-order chi connectivity index (χ1) is 14.6. The lowest BCUT2D eigenvalue weighted by atomic mass is 10.1. The molecule has 0 fully saturated rings. The van der Waals surface area contributed by atoms with Crippen molar-refractivity contribution in [3.63, 3.8) is 0 Å². The molecule has 30 heavy (non-hydrogen) atoms. The monoisotopic (exact) mass is 409 g/mol. The van der Waals surface area contributed by atoms with Crippen molar-refractivity contribution in [3.05, 3.63) is 65.2 Å². The first-order valence-corrected chi connectivity index (χ1v) is 10.2. The van der Waals surface area contributed by atoms with Gasteiger partial charge in [-0.15, -0.1) is 0 Å². The fourth-order valence-corrected chi connectivity index (χ4v) is 3.34. The van der Waals surface area contributed by atoms with Gasteiger partial charge in [-0.1, -0.05) is 12.1 Å². The molecule has 0 saturated carbocycles. The van der Waals surface area contributed by atoms with Gasteiger partial charge in [0.05, 0.1) is 24.5 Å². The van der Waals surface area contributed by atoms with Crippen molar-refractivity contribution >= 4 is 5.96 Å². The van der Waals surface area contributed by atoms with E-state index < -0.39 is 0 Å². The molecule has 1 aromatic carbocycles. The van der Waals surface area contributed by atoms with Crippen LogP contribution in [-0.2, 0) is 24.2 Å². The average molecular weight is 410 g/mol. The number of guanidine groups is 1. The molecule has 0 spiro atoms. The molecule has 0 radical (unpaired) electrons. The van der Waals surface area contributed by atoms with Gasteiger partial charge in [0.15, 0.2) is 5.96 Å². The Hall–Kier alpha value is -3.13. The number of hydrogen-bond acceptors (Lipinski definition) is 4. The molecule has 0 saturated heterocycles. The molecule has 0 aliphatic carbocycles. The van der Waals surface area contributed by atoms with E-state index in [-0.39, 0.29) is 0 Å². The first-order valence-electron chi connectivity index (χ1n) is 10.2. The summed E-state index contributed by atoms with van der Waals surface area (Å²) in [5, 5.41) is 15.6.